The smallest absolute Gasteiger partial charge is 0.0745 e. The molecule has 0 amide bonds. The van der Waals surface area contributed by atoms with Crippen molar-refractivity contribution >= 4 is 0 Å². The van der Waals surface area contributed by atoms with E-state index in [1.807, 2.05) is 0 Å². The molecule has 0 radical (unpaired) electrons. The number of hydrogen-bond donors (Lipinski definition) is 1. The van der Waals surface area contributed by atoms with Gasteiger partial charge in [0.1, 0.15) is 0 Å². The summed E-state index contributed by atoms with van der Waals surface area (Å²) in [5.41, 5.74) is 0. The number of aliphatic hydroxyl groups is 1. The maximum absolute atomic E-state index is 9.19. The van der Waals surface area contributed by atoms with Crippen LogP contribution in [0.25, 0.3) is 0 Å². The highest BCUT2D eigenvalue weighted by Gasteiger charge is 2.22. The minimum absolute atomic E-state index is 0.291. The van der Waals surface area contributed by atoms with Gasteiger partial charge < -0.3 is 9.84 Å². The number of ether oxygens (including phenoxy) is 1. The van der Waals surface area contributed by atoms with E-state index in [0.717, 1.165) is 12.8 Å². The molecule has 86 valence electrons. The van der Waals surface area contributed by atoms with Crippen molar-refractivity contribution in [2.75, 3.05) is 6.61 Å². The minimum Gasteiger partial charge on any atom is -0.391 e. The third-order valence-corrected chi connectivity index (χ3v) is 2.94. The molecule has 0 rings (SSSR count). The van der Waals surface area contributed by atoms with Gasteiger partial charge in [-0.3, -0.25) is 0 Å². The normalized spacial score (nSPS) is 20.1. The molecule has 3 atom stereocenters. The van der Waals surface area contributed by atoms with E-state index >= 15 is 0 Å². The van der Waals surface area contributed by atoms with Crippen LogP contribution in [0.2, 0.25) is 0 Å². The molecule has 3 unspecified atom stereocenters. The summed E-state index contributed by atoms with van der Waals surface area (Å²) in [7, 11) is 0. The van der Waals surface area contributed by atoms with Crippen LogP contribution in [0.3, 0.4) is 0 Å². The molecule has 1 N–H and O–H groups in total. The maximum atomic E-state index is 9.19. The molecule has 0 aliphatic heterocycles. The quantitative estimate of drug-likeness (QED) is 0.688. The first-order chi connectivity index (χ1) is 6.52. The first-order valence-corrected chi connectivity index (χ1v) is 5.82. The van der Waals surface area contributed by atoms with Crippen LogP contribution in [0.15, 0.2) is 0 Å². The van der Waals surface area contributed by atoms with Crippen LogP contribution in [0.4, 0.5) is 0 Å². The fraction of sp³-hybridized carbons (Fsp3) is 1.00. The minimum atomic E-state index is -0.356. The molecule has 0 aliphatic carbocycles. The Balaban J connectivity index is 4.10. The monoisotopic (exact) mass is 202 g/mol. The third kappa shape index (κ3) is 4.97. The average Bonchev–Trinajstić information content (AvgIpc) is 2.16. The van der Waals surface area contributed by atoms with Crippen molar-refractivity contribution in [2.45, 2.75) is 59.7 Å². The Morgan fingerprint density at radius 2 is 1.43 bits per heavy atom. The van der Waals surface area contributed by atoms with Gasteiger partial charge in [0.15, 0.2) is 0 Å². The van der Waals surface area contributed by atoms with E-state index in [2.05, 4.69) is 27.7 Å². The Kier molecular flexibility index (Phi) is 7.20. The highest BCUT2D eigenvalue weighted by atomic mass is 16.5. The summed E-state index contributed by atoms with van der Waals surface area (Å²) in [6, 6.07) is 0. The summed E-state index contributed by atoms with van der Waals surface area (Å²) >= 11 is 0. The zero-order valence-corrected chi connectivity index (χ0v) is 10.3. The van der Waals surface area contributed by atoms with Crippen molar-refractivity contribution in [3.8, 4) is 0 Å². The van der Waals surface area contributed by atoms with Crippen molar-refractivity contribution in [3.63, 3.8) is 0 Å². The Labute approximate surface area is 88.7 Å². The Morgan fingerprint density at radius 3 is 1.71 bits per heavy atom. The van der Waals surface area contributed by atoms with Gasteiger partial charge in [-0.15, -0.1) is 0 Å². The van der Waals surface area contributed by atoms with Crippen molar-refractivity contribution < 1.29 is 9.84 Å². The van der Waals surface area contributed by atoms with Gasteiger partial charge in [0, 0.05) is 0 Å². The molecule has 0 aromatic heterocycles. The van der Waals surface area contributed by atoms with Gasteiger partial charge in [-0.2, -0.15) is 0 Å². The van der Waals surface area contributed by atoms with Crippen LogP contribution >= 0.6 is 0 Å². The largest absolute Gasteiger partial charge is 0.391 e. The van der Waals surface area contributed by atoms with E-state index in [0.29, 0.717) is 24.5 Å². The van der Waals surface area contributed by atoms with Crippen molar-refractivity contribution in [1.29, 1.82) is 0 Å². The lowest BCUT2D eigenvalue weighted by Crippen LogP contribution is -2.31. The van der Waals surface area contributed by atoms with Gasteiger partial charge in [0.25, 0.3) is 0 Å². The first kappa shape index (κ1) is 13.9. The van der Waals surface area contributed by atoms with E-state index in [9.17, 15) is 5.11 Å². The third-order valence-electron chi connectivity index (χ3n) is 2.94. The number of aliphatic hydroxyl groups excluding tert-OH is 1. The number of hydrogen-bond acceptors (Lipinski definition) is 2. The second-order valence-corrected chi connectivity index (χ2v) is 4.42. The molecule has 0 heterocycles. The van der Waals surface area contributed by atoms with Gasteiger partial charge in [0.2, 0.25) is 0 Å². The molecule has 0 bridgehead atoms. The molecule has 2 heteroatoms. The summed E-state index contributed by atoms with van der Waals surface area (Å²) in [5, 5.41) is 9.19. The van der Waals surface area contributed by atoms with Crippen molar-refractivity contribution in [2.24, 2.45) is 11.8 Å². The Bertz CT molecular complexity index is 124. The first-order valence-electron chi connectivity index (χ1n) is 5.82. The fourth-order valence-electron chi connectivity index (χ4n) is 1.60. The van der Waals surface area contributed by atoms with Crippen LogP contribution in [0.1, 0.15) is 47.5 Å². The topological polar surface area (TPSA) is 29.5 Å². The molecule has 2 nitrogen and oxygen atoms in total. The molecule has 0 spiro atoms. The lowest BCUT2D eigenvalue weighted by Gasteiger charge is -2.29. The standard InChI is InChI=1S/C12H26O2/c1-6-9(3)12(10(4)7-2)14-8-11(5)13/h9-13H,6-8H2,1-5H3. The lowest BCUT2D eigenvalue weighted by atomic mass is 9.90. The van der Waals surface area contributed by atoms with E-state index in [-0.39, 0.29) is 6.10 Å². The van der Waals surface area contributed by atoms with Crippen LogP contribution in [-0.2, 0) is 4.74 Å². The fourth-order valence-corrected chi connectivity index (χ4v) is 1.60. The predicted octanol–water partition coefficient (Wildman–Crippen LogP) is 2.84. The van der Waals surface area contributed by atoms with Crippen LogP contribution in [0, 0.1) is 11.8 Å². The molecule has 0 saturated carbocycles. The Morgan fingerprint density at radius 1 is 1.00 bits per heavy atom. The van der Waals surface area contributed by atoms with Crippen molar-refractivity contribution in [1.82, 2.24) is 0 Å². The molecule has 0 aromatic rings. The van der Waals surface area contributed by atoms with E-state index in [1.54, 1.807) is 6.92 Å². The SMILES string of the molecule is CCC(C)C(OCC(C)O)C(C)CC. The second kappa shape index (κ2) is 7.24. The van der Waals surface area contributed by atoms with Crippen LogP contribution in [0.5, 0.6) is 0 Å². The van der Waals surface area contributed by atoms with Gasteiger partial charge in [0.05, 0.1) is 18.8 Å². The van der Waals surface area contributed by atoms with Gasteiger partial charge >= 0.3 is 0 Å². The predicted molar refractivity (Wildman–Crippen MR) is 60.3 cm³/mol. The highest BCUT2D eigenvalue weighted by Crippen LogP contribution is 2.22. The highest BCUT2D eigenvalue weighted by molar-refractivity contribution is 4.71. The molecular formula is C12H26O2. The molecule has 0 fully saturated rings. The summed E-state index contributed by atoms with van der Waals surface area (Å²) in [4.78, 5) is 0. The molecule has 0 aliphatic rings. The number of rotatable bonds is 7. The molecule has 14 heavy (non-hydrogen) atoms. The average molecular weight is 202 g/mol. The zero-order valence-electron chi connectivity index (χ0n) is 10.3. The summed E-state index contributed by atoms with van der Waals surface area (Å²) in [6.45, 7) is 11.0. The maximum Gasteiger partial charge on any atom is 0.0745 e. The molecular weight excluding hydrogens is 176 g/mol. The summed E-state index contributed by atoms with van der Waals surface area (Å²) in [6.07, 6.45) is 2.20. The van der Waals surface area contributed by atoms with Gasteiger partial charge in [-0.25, -0.2) is 0 Å². The van der Waals surface area contributed by atoms with Crippen LogP contribution in [-0.4, -0.2) is 23.9 Å². The Hall–Kier alpha value is -0.0800. The summed E-state index contributed by atoms with van der Waals surface area (Å²) < 4.78 is 5.76. The zero-order chi connectivity index (χ0) is 11.1. The molecule has 0 saturated heterocycles. The van der Waals surface area contributed by atoms with Crippen molar-refractivity contribution in [3.05, 3.63) is 0 Å². The van der Waals surface area contributed by atoms with Crippen LogP contribution < -0.4 is 0 Å². The van der Waals surface area contributed by atoms with E-state index in [1.165, 1.54) is 0 Å². The lowest BCUT2D eigenvalue weighted by molar-refractivity contribution is -0.0527. The van der Waals surface area contributed by atoms with Gasteiger partial charge in [-0.05, 0) is 18.8 Å². The van der Waals surface area contributed by atoms with Gasteiger partial charge in [-0.1, -0.05) is 40.5 Å². The summed E-state index contributed by atoms with van der Waals surface area (Å²) in [5.74, 6) is 1.15. The second-order valence-electron chi connectivity index (χ2n) is 4.42. The van der Waals surface area contributed by atoms with E-state index in [4.69, 9.17) is 4.74 Å². The molecule has 0 aromatic carbocycles. The van der Waals surface area contributed by atoms with E-state index < -0.39 is 0 Å².